The van der Waals surface area contributed by atoms with E-state index >= 15 is 0 Å². The van der Waals surface area contributed by atoms with Crippen LogP contribution in [-0.4, -0.2) is 35.5 Å². The average molecular weight is 266 g/mol. The van der Waals surface area contributed by atoms with Gasteiger partial charge in [0.05, 0.1) is 19.3 Å². The molecule has 0 bridgehead atoms. The Morgan fingerprint density at radius 1 is 1.47 bits per heavy atom. The Balaban J connectivity index is 2.04. The molecule has 0 radical (unpaired) electrons. The van der Waals surface area contributed by atoms with Gasteiger partial charge in [0.25, 0.3) is 0 Å². The van der Waals surface area contributed by atoms with Crippen molar-refractivity contribution in [3.63, 3.8) is 0 Å². The van der Waals surface area contributed by atoms with Gasteiger partial charge >= 0.3 is 5.97 Å². The van der Waals surface area contributed by atoms with Gasteiger partial charge in [-0.1, -0.05) is 19.9 Å². The molecule has 3 aliphatic rings. The van der Waals surface area contributed by atoms with Gasteiger partial charge in [0.15, 0.2) is 0 Å². The third-order valence-corrected chi connectivity index (χ3v) is 6.01. The van der Waals surface area contributed by atoms with Gasteiger partial charge in [-0.05, 0) is 30.6 Å². The molecule has 2 fully saturated rings. The summed E-state index contributed by atoms with van der Waals surface area (Å²) in [7, 11) is 0. The molecule has 1 aliphatic heterocycles. The maximum Gasteiger partial charge on any atom is 0.334 e. The van der Waals surface area contributed by atoms with Crippen LogP contribution >= 0.6 is 0 Å². The quantitative estimate of drug-likeness (QED) is 0.701. The molecule has 1 saturated heterocycles. The second-order valence-corrected chi connectivity index (χ2v) is 6.82. The Morgan fingerprint density at radius 2 is 2.21 bits per heavy atom. The molecular weight excluding hydrogens is 244 g/mol. The molecule has 1 unspecified atom stereocenters. The fourth-order valence-corrected chi connectivity index (χ4v) is 4.60. The number of esters is 1. The standard InChI is InChI=1S/C15H22O4/c1-14-6-5-12(17)15(2,8-16)11(14)4-3-9-10(14)7-19-13(9)18/h3,10-12,16-17H,4-8H2,1-2H3/t10-,11?,12+,14-,15-/m0/s1. The van der Waals surface area contributed by atoms with Gasteiger partial charge in [-0.3, -0.25) is 0 Å². The zero-order valence-corrected chi connectivity index (χ0v) is 11.6. The molecular formula is C15H22O4. The van der Waals surface area contributed by atoms with Crippen LogP contribution in [0.5, 0.6) is 0 Å². The number of cyclic esters (lactones) is 1. The smallest absolute Gasteiger partial charge is 0.334 e. The zero-order chi connectivity index (χ0) is 13.8. The minimum atomic E-state index is -0.485. The molecule has 2 aliphatic carbocycles. The third kappa shape index (κ3) is 1.56. The van der Waals surface area contributed by atoms with Crippen LogP contribution in [-0.2, 0) is 9.53 Å². The van der Waals surface area contributed by atoms with Crippen molar-refractivity contribution in [2.75, 3.05) is 13.2 Å². The first-order chi connectivity index (χ1) is 8.93. The van der Waals surface area contributed by atoms with Crippen molar-refractivity contribution in [2.24, 2.45) is 22.7 Å². The minimum Gasteiger partial charge on any atom is -0.462 e. The van der Waals surface area contributed by atoms with E-state index in [9.17, 15) is 15.0 Å². The normalized spacial score (nSPS) is 49.2. The molecule has 2 N–H and O–H groups in total. The molecule has 4 nitrogen and oxygen atoms in total. The number of carbonyl (C=O) groups excluding carboxylic acids is 1. The fraction of sp³-hybridized carbons (Fsp3) is 0.800. The highest BCUT2D eigenvalue weighted by atomic mass is 16.5. The second-order valence-electron chi connectivity index (χ2n) is 6.82. The van der Waals surface area contributed by atoms with Crippen molar-refractivity contribution >= 4 is 5.97 Å². The monoisotopic (exact) mass is 266 g/mol. The molecule has 4 heteroatoms. The molecule has 0 spiro atoms. The van der Waals surface area contributed by atoms with E-state index in [0.717, 1.165) is 18.4 Å². The summed E-state index contributed by atoms with van der Waals surface area (Å²) < 4.78 is 5.21. The number of allylic oxidation sites excluding steroid dienone is 1. The van der Waals surface area contributed by atoms with Crippen molar-refractivity contribution in [2.45, 2.75) is 39.2 Å². The lowest BCUT2D eigenvalue weighted by Gasteiger charge is -2.57. The summed E-state index contributed by atoms with van der Waals surface area (Å²) >= 11 is 0. The Bertz CT molecular complexity index is 443. The predicted molar refractivity (Wildman–Crippen MR) is 69.2 cm³/mol. The van der Waals surface area contributed by atoms with E-state index < -0.39 is 11.5 Å². The summed E-state index contributed by atoms with van der Waals surface area (Å²) in [6, 6.07) is 0. The number of fused-ring (bicyclic) bond motifs is 3. The maximum atomic E-state index is 11.7. The summed E-state index contributed by atoms with van der Waals surface area (Å²) in [6.07, 6.45) is 3.81. The molecule has 0 aromatic rings. The first-order valence-corrected chi connectivity index (χ1v) is 7.09. The highest BCUT2D eigenvalue weighted by Gasteiger charge is 2.59. The van der Waals surface area contributed by atoms with E-state index in [1.165, 1.54) is 0 Å². The van der Waals surface area contributed by atoms with Crippen molar-refractivity contribution in [1.29, 1.82) is 0 Å². The SMILES string of the molecule is C[C@]1(CO)C2CC=C3C(=O)OC[C@@H]3[C@]2(C)CC[C@H]1O. The molecule has 5 atom stereocenters. The highest BCUT2D eigenvalue weighted by Crippen LogP contribution is 2.60. The van der Waals surface area contributed by atoms with Crippen molar-refractivity contribution < 1.29 is 19.7 Å². The number of hydrogen-bond acceptors (Lipinski definition) is 4. The van der Waals surface area contributed by atoms with Crippen LogP contribution < -0.4 is 0 Å². The van der Waals surface area contributed by atoms with Gasteiger partial charge in [0, 0.05) is 16.9 Å². The molecule has 19 heavy (non-hydrogen) atoms. The zero-order valence-electron chi connectivity index (χ0n) is 11.6. The summed E-state index contributed by atoms with van der Waals surface area (Å²) in [6.45, 7) is 4.60. The Kier molecular flexibility index (Phi) is 2.81. The van der Waals surface area contributed by atoms with Gasteiger partial charge in [-0.15, -0.1) is 0 Å². The van der Waals surface area contributed by atoms with Gasteiger partial charge in [-0.25, -0.2) is 4.79 Å². The molecule has 1 saturated carbocycles. The van der Waals surface area contributed by atoms with E-state index in [-0.39, 0.29) is 29.8 Å². The lowest BCUT2D eigenvalue weighted by molar-refractivity contribution is -0.144. The van der Waals surface area contributed by atoms with Crippen LogP contribution in [0.2, 0.25) is 0 Å². The molecule has 0 amide bonds. The third-order valence-electron chi connectivity index (χ3n) is 6.01. The molecule has 3 rings (SSSR count). The van der Waals surface area contributed by atoms with Crippen LogP contribution in [0.4, 0.5) is 0 Å². The first kappa shape index (κ1) is 13.1. The number of rotatable bonds is 1. The van der Waals surface area contributed by atoms with Gasteiger partial charge in [0.2, 0.25) is 0 Å². The van der Waals surface area contributed by atoms with Gasteiger partial charge < -0.3 is 14.9 Å². The summed E-state index contributed by atoms with van der Waals surface area (Å²) in [5, 5.41) is 20.1. The largest absolute Gasteiger partial charge is 0.462 e. The van der Waals surface area contributed by atoms with Crippen LogP contribution in [0.1, 0.15) is 33.1 Å². The highest BCUT2D eigenvalue weighted by molar-refractivity contribution is 5.91. The van der Waals surface area contributed by atoms with Gasteiger partial charge in [-0.2, -0.15) is 0 Å². The fourth-order valence-electron chi connectivity index (χ4n) is 4.60. The van der Waals surface area contributed by atoms with Crippen LogP contribution in [0.25, 0.3) is 0 Å². The Hall–Kier alpha value is -0.870. The van der Waals surface area contributed by atoms with E-state index in [0.29, 0.717) is 13.0 Å². The van der Waals surface area contributed by atoms with E-state index in [1.807, 2.05) is 13.0 Å². The number of aliphatic hydroxyl groups is 2. The Morgan fingerprint density at radius 3 is 2.89 bits per heavy atom. The Labute approximate surface area is 113 Å². The van der Waals surface area contributed by atoms with Crippen LogP contribution in [0.3, 0.4) is 0 Å². The lowest BCUT2D eigenvalue weighted by atomic mass is 9.48. The second kappa shape index (κ2) is 4.06. The number of carbonyl (C=O) groups is 1. The molecule has 1 heterocycles. The number of aliphatic hydroxyl groups excluding tert-OH is 2. The van der Waals surface area contributed by atoms with Crippen molar-refractivity contribution in [1.82, 2.24) is 0 Å². The predicted octanol–water partition coefficient (Wildman–Crippen LogP) is 1.27. The lowest BCUT2D eigenvalue weighted by Crippen LogP contribution is -2.57. The molecule has 0 aromatic carbocycles. The van der Waals surface area contributed by atoms with Crippen LogP contribution in [0.15, 0.2) is 11.6 Å². The van der Waals surface area contributed by atoms with E-state index in [4.69, 9.17) is 4.74 Å². The van der Waals surface area contributed by atoms with Crippen molar-refractivity contribution in [3.8, 4) is 0 Å². The molecule has 0 aromatic heterocycles. The maximum absolute atomic E-state index is 11.7. The summed E-state index contributed by atoms with van der Waals surface area (Å²) in [5.41, 5.74) is 0.267. The van der Waals surface area contributed by atoms with E-state index in [2.05, 4.69) is 6.92 Å². The number of ether oxygens (including phenoxy) is 1. The average Bonchev–Trinajstić information content (AvgIpc) is 2.78. The summed E-state index contributed by atoms with van der Waals surface area (Å²) in [5.74, 6) is 0.135. The van der Waals surface area contributed by atoms with Crippen LogP contribution in [0, 0.1) is 22.7 Å². The number of hydrogen-bond donors (Lipinski definition) is 2. The van der Waals surface area contributed by atoms with E-state index in [1.54, 1.807) is 0 Å². The molecule has 106 valence electrons. The topological polar surface area (TPSA) is 66.8 Å². The van der Waals surface area contributed by atoms with Crippen molar-refractivity contribution in [3.05, 3.63) is 11.6 Å². The first-order valence-electron chi connectivity index (χ1n) is 7.09. The summed E-state index contributed by atoms with van der Waals surface area (Å²) in [4.78, 5) is 11.7. The minimum absolute atomic E-state index is 0.0148. The van der Waals surface area contributed by atoms with Gasteiger partial charge in [0.1, 0.15) is 0 Å².